The van der Waals surface area contributed by atoms with Gasteiger partial charge < -0.3 is 4.74 Å². The van der Waals surface area contributed by atoms with Gasteiger partial charge >= 0.3 is 5.97 Å². The molecule has 1 aromatic carbocycles. The Kier molecular flexibility index (Phi) is 3.86. The van der Waals surface area contributed by atoms with Gasteiger partial charge in [-0.05, 0) is 37.8 Å². The zero-order valence-electron chi connectivity index (χ0n) is 11.6. The normalized spacial score (nSPS) is 29.6. The number of benzene rings is 1. The Bertz CT molecular complexity index is 494. The third-order valence-corrected chi connectivity index (χ3v) is 4.64. The van der Waals surface area contributed by atoms with Gasteiger partial charge in [-0.1, -0.05) is 24.6 Å². The van der Waals surface area contributed by atoms with E-state index in [-0.39, 0.29) is 23.9 Å². The van der Waals surface area contributed by atoms with E-state index >= 15 is 0 Å². The third-order valence-electron chi connectivity index (χ3n) is 4.64. The van der Waals surface area contributed by atoms with E-state index in [1.165, 1.54) is 0 Å². The lowest BCUT2D eigenvalue weighted by Gasteiger charge is -2.25. The van der Waals surface area contributed by atoms with Crippen LogP contribution in [0.25, 0.3) is 0 Å². The highest BCUT2D eigenvalue weighted by molar-refractivity contribution is 5.89. The first kappa shape index (κ1) is 13.3. The summed E-state index contributed by atoms with van der Waals surface area (Å²) in [5, 5.41) is 0. The molecule has 1 aromatic rings. The quantitative estimate of drug-likeness (QED) is 0.775. The van der Waals surface area contributed by atoms with Crippen LogP contribution >= 0.6 is 0 Å². The number of Topliss-reactive ketones (excluding diaryl/α,β-unsaturated/α-hetero) is 1. The first-order chi connectivity index (χ1) is 9.75. The standard InChI is InChI=1S/C17H20O3/c18-15-10-5-11-16(14-9-4-8-13(14)15)20-17(19)12-6-2-1-3-7-12/h1-3,6-7,13-14,16H,4-5,8-11H2. The van der Waals surface area contributed by atoms with Crippen molar-refractivity contribution in [3.8, 4) is 0 Å². The predicted molar refractivity (Wildman–Crippen MR) is 75.3 cm³/mol. The molecule has 0 heterocycles. The van der Waals surface area contributed by atoms with E-state index in [4.69, 9.17) is 4.74 Å². The van der Waals surface area contributed by atoms with Crippen molar-refractivity contribution in [1.29, 1.82) is 0 Å². The molecule has 0 aliphatic heterocycles. The van der Waals surface area contributed by atoms with Gasteiger partial charge in [0, 0.05) is 18.3 Å². The van der Waals surface area contributed by atoms with E-state index < -0.39 is 0 Å². The van der Waals surface area contributed by atoms with E-state index in [0.29, 0.717) is 17.8 Å². The van der Waals surface area contributed by atoms with Gasteiger partial charge in [0.2, 0.25) is 0 Å². The fourth-order valence-electron chi connectivity index (χ4n) is 3.64. The molecule has 3 nitrogen and oxygen atoms in total. The molecule has 20 heavy (non-hydrogen) atoms. The molecule has 3 heteroatoms. The maximum Gasteiger partial charge on any atom is 0.338 e. The van der Waals surface area contributed by atoms with Crippen molar-refractivity contribution in [2.45, 2.75) is 44.6 Å². The van der Waals surface area contributed by atoms with Gasteiger partial charge in [-0.3, -0.25) is 4.79 Å². The molecule has 106 valence electrons. The molecule has 2 aliphatic rings. The fourth-order valence-corrected chi connectivity index (χ4v) is 3.64. The van der Waals surface area contributed by atoms with Gasteiger partial charge in [-0.25, -0.2) is 4.79 Å². The second-order valence-corrected chi connectivity index (χ2v) is 5.87. The van der Waals surface area contributed by atoms with Crippen LogP contribution in [0.2, 0.25) is 0 Å². The number of hydrogen-bond donors (Lipinski definition) is 0. The van der Waals surface area contributed by atoms with E-state index in [1.54, 1.807) is 12.1 Å². The minimum Gasteiger partial charge on any atom is -0.458 e. The van der Waals surface area contributed by atoms with E-state index in [9.17, 15) is 9.59 Å². The molecule has 0 N–H and O–H groups in total. The Morgan fingerprint density at radius 1 is 1.05 bits per heavy atom. The average molecular weight is 272 g/mol. The number of rotatable bonds is 2. The molecular formula is C17H20O3. The number of carbonyl (C=O) groups is 2. The molecule has 3 unspecified atom stereocenters. The number of carbonyl (C=O) groups excluding carboxylic acids is 2. The molecule has 2 fully saturated rings. The Balaban J connectivity index is 1.73. The first-order valence-electron chi connectivity index (χ1n) is 7.54. The van der Waals surface area contributed by atoms with Gasteiger partial charge in [0.15, 0.2) is 0 Å². The second-order valence-electron chi connectivity index (χ2n) is 5.87. The van der Waals surface area contributed by atoms with Crippen LogP contribution in [0.4, 0.5) is 0 Å². The molecule has 0 bridgehead atoms. The number of fused-ring (bicyclic) bond motifs is 1. The monoisotopic (exact) mass is 272 g/mol. The van der Waals surface area contributed by atoms with Gasteiger partial charge in [0.05, 0.1) is 5.56 Å². The molecule has 0 saturated heterocycles. The van der Waals surface area contributed by atoms with Gasteiger partial charge in [0.1, 0.15) is 11.9 Å². The molecule has 2 aliphatic carbocycles. The van der Waals surface area contributed by atoms with Crippen LogP contribution in [-0.2, 0) is 9.53 Å². The number of hydrogen-bond acceptors (Lipinski definition) is 3. The summed E-state index contributed by atoms with van der Waals surface area (Å²) in [6, 6.07) is 9.11. The average Bonchev–Trinajstić information content (AvgIpc) is 2.91. The van der Waals surface area contributed by atoms with E-state index in [1.807, 2.05) is 18.2 Å². The topological polar surface area (TPSA) is 43.4 Å². The summed E-state index contributed by atoms with van der Waals surface area (Å²) in [6.07, 6.45) is 5.32. The molecular weight excluding hydrogens is 252 g/mol. The molecule has 3 atom stereocenters. The predicted octanol–water partition coefficient (Wildman–Crippen LogP) is 3.38. The highest BCUT2D eigenvalue weighted by Crippen LogP contribution is 2.40. The minimum absolute atomic E-state index is 0.0818. The Hall–Kier alpha value is -1.64. The second kappa shape index (κ2) is 5.78. The summed E-state index contributed by atoms with van der Waals surface area (Å²) in [4.78, 5) is 24.2. The summed E-state index contributed by atoms with van der Waals surface area (Å²) in [5.41, 5.74) is 0.595. The lowest BCUT2D eigenvalue weighted by molar-refractivity contribution is -0.124. The van der Waals surface area contributed by atoms with Crippen molar-refractivity contribution >= 4 is 11.8 Å². The van der Waals surface area contributed by atoms with Crippen molar-refractivity contribution in [3.05, 3.63) is 35.9 Å². The molecule has 2 saturated carbocycles. The van der Waals surface area contributed by atoms with E-state index in [2.05, 4.69) is 0 Å². The molecule has 0 spiro atoms. The molecule has 3 rings (SSSR count). The third kappa shape index (κ3) is 2.62. The van der Waals surface area contributed by atoms with Crippen molar-refractivity contribution in [3.63, 3.8) is 0 Å². The zero-order valence-corrected chi connectivity index (χ0v) is 11.6. The van der Waals surface area contributed by atoms with Crippen LogP contribution in [0, 0.1) is 11.8 Å². The Morgan fingerprint density at radius 2 is 1.85 bits per heavy atom. The maximum absolute atomic E-state index is 12.2. The van der Waals surface area contributed by atoms with Crippen molar-refractivity contribution in [2.75, 3.05) is 0 Å². The fraction of sp³-hybridized carbons (Fsp3) is 0.529. The number of ketones is 1. The summed E-state index contributed by atoms with van der Waals surface area (Å²) in [7, 11) is 0. The van der Waals surface area contributed by atoms with Crippen molar-refractivity contribution < 1.29 is 14.3 Å². The van der Waals surface area contributed by atoms with Crippen molar-refractivity contribution in [1.82, 2.24) is 0 Å². The molecule has 0 amide bonds. The highest BCUT2D eigenvalue weighted by Gasteiger charge is 2.41. The smallest absolute Gasteiger partial charge is 0.338 e. The summed E-state index contributed by atoms with van der Waals surface area (Å²) in [5.74, 6) is 0.505. The summed E-state index contributed by atoms with van der Waals surface area (Å²) < 4.78 is 5.73. The van der Waals surface area contributed by atoms with Crippen LogP contribution in [-0.4, -0.2) is 17.9 Å². The van der Waals surface area contributed by atoms with Crippen LogP contribution in [0.3, 0.4) is 0 Å². The molecule has 0 aromatic heterocycles. The van der Waals surface area contributed by atoms with Gasteiger partial charge in [-0.15, -0.1) is 0 Å². The maximum atomic E-state index is 12.2. The van der Waals surface area contributed by atoms with Crippen LogP contribution in [0.1, 0.15) is 48.9 Å². The van der Waals surface area contributed by atoms with E-state index in [0.717, 1.165) is 32.1 Å². The minimum atomic E-state index is -0.254. The summed E-state index contributed by atoms with van der Waals surface area (Å²) >= 11 is 0. The van der Waals surface area contributed by atoms with Crippen LogP contribution < -0.4 is 0 Å². The Labute approximate surface area is 119 Å². The van der Waals surface area contributed by atoms with Crippen LogP contribution in [0.15, 0.2) is 30.3 Å². The van der Waals surface area contributed by atoms with Gasteiger partial charge in [0.25, 0.3) is 0 Å². The first-order valence-corrected chi connectivity index (χ1v) is 7.54. The number of ether oxygens (including phenoxy) is 1. The zero-order chi connectivity index (χ0) is 13.9. The number of esters is 1. The molecule has 0 radical (unpaired) electrons. The van der Waals surface area contributed by atoms with Crippen molar-refractivity contribution in [2.24, 2.45) is 11.8 Å². The lowest BCUT2D eigenvalue weighted by atomic mass is 9.88. The van der Waals surface area contributed by atoms with Crippen LogP contribution in [0.5, 0.6) is 0 Å². The highest BCUT2D eigenvalue weighted by atomic mass is 16.5. The summed E-state index contributed by atoms with van der Waals surface area (Å²) in [6.45, 7) is 0. The lowest BCUT2D eigenvalue weighted by Crippen LogP contribution is -2.30. The SMILES string of the molecule is O=C(OC1CCCC(=O)C2CCCC12)c1ccccc1. The Morgan fingerprint density at radius 3 is 2.65 bits per heavy atom. The largest absolute Gasteiger partial charge is 0.458 e. The van der Waals surface area contributed by atoms with Gasteiger partial charge in [-0.2, -0.15) is 0 Å².